The van der Waals surface area contributed by atoms with Gasteiger partial charge in [-0.1, -0.05) is 25.3 Å². The third-order valence-corrected chi connectivity index (χ3v) is 4.99. The highest BCUT2D eigenvalue weighted by Gasteiger charge is 2.32. The number of methoxy groups -OCH3 is 1. The zero-order valence-corrected chi connectivity index (χ0v) is 12.3. The van der Waals surface area contributed by atoms with E-state index < -0.39 is 9.84 Å². The summed E-state index contributed by atoms with van der Waals surface area (Å²) < 4.78 is 28.5. The van der Waals surface area contributed by atoms with Gasteiger partial charge in [-0.15, -0.1) is 0 Å². The minimum absolute atomic E-state index is 0.271. The number of hydrogen-bond donors (Lipinski definition) is 1. The van der Waals surface area contributed by atoms with E-state index in [-0.39, 0.29) is 10.4 Å². The normalized spacial score (nSPS) is 19.1. The molecule has 0 heterocycles. The van der Waals surface area contributed by atoms with Gasteiger partial charge in [0.2, 0.25) is 0 Å². The summed E-state index contributed by atoms with van der Waals surface area (Å²) in [5.74, 6) is 0.576. The van der Waals surface area contributed by atoms with Crippen LogP contribution in [0.2, 0.25) is 0 Å². The van der Waals surface area contributed by atoms with Crippen molar-refractivity contribution < 1.29 is 13.2 Å². The molecule has 1 aliphatic carbocycles. The Morgan fingerprint density at radius 3 is 2.37 bits per heavy atom. The number of sulfone groups is 1. The Bertz CT molecular complexity index is 560. The predicted molar refractivity (Wildman–Crippen MR) is 75.1 cm³/mol. The Hall–Kier alpha value is -1.07. The van der Waals surface area contributed by atoms with Crippen molar-refractivity contribution >= 4 is 9.84 Å². The van der Waals surface area contributed by atoms with Gasteiger partial charge in [-0.2, -0.15) is 0 Å². The first-order valence-corrected chi connectivity index (χ1v) is 8.43. The maximum Gasteiger partial charge on any atom is 0.175 e. The van der Waals surface area contributed by atoms with Crippen LogP contribution in [-0.2, 0) is 15.4 Å². The van der Waals surface area contributed by atoms with E-state index in [1.54, 1.807) is 25.3 Å². The molecule has 4 nitrogen and oxygen atoms in total. The van der Waals surface area contributed by atoms with Crippen LogP contribution in [0.3, 0.4) is 0 Å². The Labute approximate surface area is 114 Å². The second-order valence-corrected chi connectivity index (χ2v) is 7.37. The Morgan fingerprint density at radius 1 is 1.21 bits per heavy atom. The lowest BCUT2D eigenvalue weighted by atomic mass is 9.77. The van der Waals surface area contributed by atoms with Gasteiger partial charge in [0.25, 0.3) is 0 Å². The fourth-order valence-corrected chi connectivity index (χ4v) is 3.40. The van der Waals surface area contributed by atoms with Gasteiger partial charge in [0.1, 0.15) is 5.75 Å². The van der Waals surface area contributed by atoms with Crippen LogP contribution in [0, 0.1) is 0 Å². The molecule has 0 aromatic heterocycles. The summed E-state index contributed by atoms with van der Waals surface area (Å²) in [6.07, 6.45) is 6.45. The first-order chi connectivity index (χ1) is 8.87. The minimum atomic E-state index is -3.22. The second-order valence-electron chi connectivity index (χ2n) is 5.35. The van der Waals surface area contributed by atoms with Crippen molar-refractivity contribution in [3.8, 4) is 5.75 Å². The van der Waals surface area contributed by atoms with Gasteiger partial charge in [0.15, 0.2) is 9.84 Å². The maximum atomic E-state index is 11.6. The number of hydrogen-bond acceptors (Lipinski definition) is 4. The molecule has 0 saturated heterocycles. The molecule has 0 bridgehead atoms. The lowest BCUT2D eigenvalue weighted by Gasteiger charge is -2.35. The van der Waals surface area contributed by atoms with Crippen LogP contribution in [0.15, 0.2) is 23.1 Å². The second kappa shape index (κ2) is 5.13. The summed E-state index contributed by atoms with van der Waals surface area (Å²) in [6, 6.07) is 5.00. The lowest BCUT2D eigenvalue weighted by Crippen LogP contribution is -2.38. The molecule has 0 radical (unpaired) electrons. The van der Waals surface area contributed by atoms with E-state index in [1.807, 2.05) is 0 Å². The van der Waals surface area contributed by atoms with E-state index in [9.17, 15) is 8.42 Å². The van der Waals surface area contributed by atoms with Gasteiger partial charge >= 0.3 is 0 Å². The van der Waals surface area contributed by atoms with Crippen LogP contribution in [0.5, 0.6) is 5.75 Å². The molecule has 0 atom stereocenters. The van der Waals surface area contributed by atoms with Crippen molar-refractivity contribution in [3.63, 3.8) is 0 Å². The Kier molecular flexibility index (Phi) is 3.87. The smallest absolute Gasteiger partial charge is 0.175 e. The fraction of sp³-hybridized carbons (Fsp3) is 0.571. The predicted octanol–water partition coefficient (Wildman–Crippen LogP) is 2.22. The highest BCUT2D eigenvalue weighted by atomic mass is 32.2. The quantitative estimate of drug-likeness (QED) is 0.923. The molecule has 0 amide bonds. The van der Waals surface area contributed by atoms with Crippen molar-refractivity contribution in [2.24, 2.45) is 5.73 Å². The van der Waals surface area contributed by atoms with Crippen molar-refractivity contribution in [1.29, 1.82) is 0 Å². The molecule has 1 aromatic rings. The van der Waals surface area contributed by atoms with E-state index in [0.717, 1.165) is 31.2 Å². The third kappa shape index (κ3) is 2.92. The van der Waals surface area contributed by atoms with E-state index in [1.165, 1.54) is 12.7 Å². The summed E-state index contributed by atoms with van der Waals surface area (Å²) >= 11 is 0. The molecular weight excluding hydrogens is 262 g/mol. The molecular formula is C14H21NO3S. The lowest BCUT2D eigenvalue weighted by molar-refractivity contribution is 0.288. The van der Waals surface area contributed by atoms with E-state index >= 15 is 0 Å². The van der Waals surface area contributed by atoms with Crippen LogP contribution in [0.25, 0.3) is 0 Å². The first-order valence-electron chi connectivity index (χ1n) is 6.54. The van der Waals surface area contributed by atoms with Gasteiger partial charge in [-0.25, -0.2) is 8.42 Å². The van der Waals surface area contributed by atoms with E-state index in [2.05, 4.69) is 0 Å². The molecule has 0 spiro atoms. The van der Waals surface area contributed by atoms with Gasteiger partial charge in [0, 0.05) is 17.4 Å². The summed E-state index contributed by atoms with van der Waals surface area (Å²) in [5.41, 5.74) is 7.02. The molecule has 2 N–H and O–H groups in total. The Morgan fingerprint density at radius 2 is 1.84 bits per heavy atom. The number of rotatable bonds is 3. The molecule has 0 aliphatic heterocycles. The fourth-order valence-electron chi connectivity index (χ4n) is 2.77. The molecule has 2 rings (SSSR count). The highest BCUT2D eigenvalue weighted by Crippen LogP contribution is 2.39. The molecule has 0 unspecified atom stereocenters. The zero-order chi connectivity index (χ0) is 14.1. The SMILES string of the molecule is COc1cc(S(C)(=O)=O)ccc1C1(N)CCCCC1. The highest BCUT2D eigenvalue weighted by molar-refractivity contribution is 7.90. The first kappa shape index (κ1) is 14.3. The molecule has 1 saturated carbocycles. The number of ether oxygens (including phenoxy) is 1. The number of benzene rings is 1. The molecule has 5 heteroatoms. The average molecular weight is 283 g/mol. The topological polar surface area (TPSA) is 69.4 Å². The molecule has 1 aliphatic rings. The standard InChI is InChI=1S/C14H21NO3S/c1-18-13-10-11(19(2,16)17)6-7-12(13)14(15)8-4-3-5-9-14/h6-7,10H,3-5,8-9,15H2,1-2H3. The average Bonchev–Trinajstić information content (AvgIpc) is 2.38. The van der Waals surface area contributed by atoms with Crippen molar-refractivity contribution in [2.45, 2.75) is 42.5 Å². The molecule has 106 valence electrons. The Balaban J connectivity index is 2.46. The van der Waals surface area contributed by atoms with Crippen LogP contribution >= 0.6 is 0 Å². The van der Waals surface area contributed by atoms with Crippen LogP contribution in [0.4, 0.5) is 0 Å². The monoisotopic (exact) mass is 283 g/mol. The summed E-state index contributed by atoms with van der Waals surface area (Å²) in [4.78, 5) is 0.271. The van der Waals surface area contributed by atoms with Crippen molar-refractivity contribution in [2.75, 3.05) is 13.4 Å². The van der Waals surface area contributed by atoms with Gasteiger partial charge < -0.3 is 10.5 Å². The van der Waals surface area contributed by atoms with E-state index in [4.69, 9.17) is 10.5 Å². The maximum absolute atomic E-state index is 11.6. The molecule has 1 fully saturated rings. The minimum Gasteiger partial charge on any atom is -0.496 e. The van der Waals surface area contributed by atoms with Crippen molar-refractivity contribution in [1.82, 2.24) is 0 Å². The summed E-state index contributed by atoms with van der Waals surface area (Å²) in [5, 5.41) is 0. The van der Waals surface area contributed by atoms with Gasteiger partial charge in [-0.3, -0.25) is 0 Å². The zero-order valence-electron chi connectivity index (χ0n) is 11.5. The summed E-state index contributed by atoms with van der Waals surface area (Å²) in [7, 11) is -1.67. The van der Waals surface area contributed by atoms with Crippen LogP contribution in [0.1, 0.15) is 37.7 Å². The van der Waals surface area contributed by atoms with Crippen LogP contribution in [-0.4, -0.2) is 21.8 Å². The molecule has 1 aromatic carbocycles. The van der Waals surface area contributed by atoms with E-state index in [0.29, 0.717) is 5.75 Å². The number of nitrogens with two attached hydrogens (primary N) is 1. The third-order valence-electron chi connectivity index (χ3n) is 3.88. The van der Waals surface area contributed by atoms with Gasteiger partial charge in [0.05, 0.1) is 12.0 Å². The van der Waals surface area contributed by atoms with Crippen molar-refractivity contribution in [3.05, 3.63) is 23.8 Å². The molecule has 19 heavy (non-hydrogen) atoms. The van der Waals surface area contributed by atoms with Crippen LogP contribution < -0.4 is 10.5 Å². The van der Waals surface area contributed by atoms with Gasteiger partial charge in [-0.05, 0) is 25.0 Å². The largest absolute Gasteiger partial charge is 0.496 e. The summed E-state index contributed by atoms with van der Waals surface area (Å²) in [6.45, 7) is 0.